The van der Waals surface area contributed by atoms with Gasteiger partial charge in [0, 0.05) is 6.42 Å². The van der Waals surface area contributed by atoms with Gasteiger partial charge < -0.3 is 5.21 Å². The van der Waals surface area contributed by atoms with Gasteiger partial charge in [0.2, 0.25) is 5.78 Å². The summed E-state index contributed by atoms with van der Waals surface area (Å²) in [5, 5.41) is 11.6. The summed E-state index contributed by atoms with van der Waals surface area (Å²) in [5.41, 5.74) is 0.300. The van der Waals surface area contributed by atoms with Crippen LogP contribution in [0.5, 0.6) is 0 Å². The van der Waals surface area contributed by atoms with E-state index in [2.05, 4.69) is 12.1 Å². The lowest BCUT2D eigenvalue weighted by Gasteiger charge is -2.15. The third-order valence-corrected chi connectivity index (χ3v) is 2.56. The largest absolute Gasteiger partial charge is 0.411 e. The summed E-state index contributed by atoms with van der Waals surface area (Å²) in [5.74, 6) is 0.226. The summed E-state index contributed by atoms with van der Waals surface area (Å²) < 4.78 is 0. The van der Waals surface area contributed by atoms with Gasteiger partial charge in [0.05, 0.1) is 0 Å². The van der Waals surface area contributed by atoms with Gasteiger partial charge in [-0.25, -0.2) is 0 Å². The molecule has 0 aromatic rings. The number of ketones is 1. The van der Waals surface area contributed by atoms with E-state index in [0.29, 0.717) is 18.1 Å². The van der Waals surface area contributed by atoms with E-state index in [1.807, 2.05) is 6.08 Å². The Morgan fingerprint density at radius 3 is 3.00 bits per heavy atom. The zero-order chi connectivity index (χ0) is 10.4. The molecule has 0 aromatic carbocycles. The molecular formula is C11H17NO2. The molecule has 0 saturated carbocycles. The minimum absolute atomic E-state index is 0.153. The van der Waals surface area contributed by atoms with Crippen LogP contribution < -0.4 is 0 Å². The number of rotatable bonds is 4. The molecule has 0 radical (unpaired) electrons. The normalized spacial score (nSPS) is 24.5. The molecule has 3 nitrogen and oxygen atoms in total. The molecule has 0 aromatic heterocycles. The van der Waals surface area contributed by atoms with Crippen molar-refractivity contribution in [3.05, 3.63) is 12.2 Å². The second-order valence-corrected chi connectivity index (χ2v) is 3.73. The second-order valence-electron chi connectivity index (χ2n) is 3.73. The number of oxime groups is 1. The first-order chi connectivity index (χ1) is 6.77. The number of carbonyl (C=O) groups is 1. The van der Waals surface area contributed by atoms with Crippen LogP contribution in [0.4, 0.5) is 0 Å². The van der Waals surface area contributed by atoms with Crippen molar-refractivity contribution in [2.24, 2.45) is 11.1 Å². The van der Waals surface area contributed by atoms with Gasteiger partial charge in [-0.3, -0.25) is 4.79 Å². The Hall–Kier alpha value is -1.12. The first kappa shape index (κ1) is 11.0. The summed E-state index contributed by atoms with van der Waals surface area (Å²) in [6, 6.07) is 0. The molecule has 0 saturated heterocycles. The first-order valence-electron chi connectivity index (χ1n) is 5.21. The highest BCUT2D eigenvalue weighted by Gasteiger charge is 2.19. The summed E-state index contributed by atoms with van der Waals surface area (Å²) >= 11 is 0. The van der Waals surface area contributed by atoms with Crippen LogP contribution in [0.15, 0.2) is 17.3 Å². The van der Waals surface area contributed by atoms with E-state index < -0.39 is 0 Å². The maximum Gasteiger partial charge on any atom is 0.203 e. The third kappa shape index (κ3) is 2.98. The summed E-state index contributed by atoms with van der Waals surface area (Å²) in [6.07, 6.45) is 8.74. The fourth-order valence-electron chi connectivity index (χ4n) is 1.68. The molecule has 1 aliphatic carbocycles. The van der Waals surface area contributed by atoms with Gasteiger partial charge in [0.15, 0.2) is 0 Å². The lowest BCUT2D eigenvalue weighted by molar-refractivity contribution is -0.109. The van der Waals surface area contributed by atoms with Crippen molar-refractivity contribution in [3.63, 3.8) is 0 Å². The molecule has 1 rings (SSSR count). The number of carbonyl (C=O) groups excluding carboxylic acids is 1. The predicted molar refractivity (Wildman–Crippen MR) is 55.6 cm³/mol. The molecule has 1 atom stereocenters. The lowest BCUT2D eigenvalue weighted by Crippen LogP contribution is -2.20. The van der Waals surface area contributed by atoms with Gasteiger partial charge in [0.25, 0.3) is 0 Å². The quantitative estimate of drug-likeness (QED) is 0.425. The van der Waals surface area contributed by atoms with E-state index in [1.54, 1.807) is 0 Å². The summed E-state index contributed by atoms with van der Waals surface area (Å²) in [6.45, 7) is 2.17. The van der Waals surface area contributed by atoms with Crippen molar-refractivity contribution in [1.82, 2.24) is 0 Å². The fourth-order valence-corrected chi connectivity index (χ4v) is 1.68. The first-order valence-corrected chi connectivity index (χ1v) is 5.21. The standard InChI is InChI=1S/C11H17NO2/c1-2-3-4-5-9-6-7-11(13)10(8-9)12-14/h6-7,9,14H,2-5,8H2,1H3. The minimum atomic E-state index is -0.153. The molecule has 14 heavy (non-hydrogen) atoms. The predicted octanol–water partition coefficient (Wildman–Crippen LogP) is 2.54. The number of allylic oxidation sites excluding steroid dienone is 2. The molecule has 0 fully saturated rings. The zero-order valence-corrected chi connectivity index (χ0v) is 8.57. The highest BCUT2D eigenvalue weighted by Crippen LogP contribution is 2.19. The molecule has 1 unspecified atom stereocenters. The molecule has 0 heterocycles. The second kappa shape index (κ2) is 5.58. The van der Waals surface area contributed by atoms with Crippen molar-refractivity contribution >= 4 is 11.5 Å². The average Bonchev–Trinajstić information content (AvgIpc) is 2.21. The Kier molecular flexibility index (Phi) is 4.36. The topological polar surface area (TPSA) is 49.7 Å². The Balaban J connectivity index is 2.42. The van der Waals surface area contributed by atoms with Crippen molar-refractivity contribution < 1.29 is 10.0 Å². The van der Waals surface area contributed by atoms with Crippen LogP contribution in [0.25, 0.3) is 0 Å². The molecular weight excluding hydrogens is 178 g/mol. The van der Waals surface area contributed by atoms with Gasteiger partial charge in [-0.2, -0.15) is 0 Å². The van der Waals surface area contributed by atoms with Crippen molar-refractivity contribution in [3.8, 4) is 0 Å². The maximum absolute atomic E-state index is 11.1. The van der Waals surface area contributed by atoms with Crippen LogP contribution in [0, 0.1) is 5.92 Å². The van der Waals surface area contributed by atoms with E-state index in [0.717, 1.165) is 6.42 Å². The van der Waals surface area contributed by atoms with Gasteiger partial charge in [0.1, 0.15) is 5.71 Å². The highest BCUT2D eigenvalue weighted by atomic mass is 16.4. The Bertz CT molecular complexity index is 256. The zero-order valence-electron chi connectivity index (χ0n) is 8.57. The SMILES string of the molecule is CCCCCC1C=CC(=O)C(=NO)C1. The summed E-state index contributed by atoms with van der Waals surface area (Å²) in [4.78, 5) is 11.1. The molecule has 0 aliphatic heterocycles. The monoisotopic (exact) mass is 195 g/mol. The van der Waals surface area contributed by atoms with Crippen LogP contribution in [-0.4, -0.2) is 16.7 Å². The van der Waals surface area contributed by atoms with Gasteiger partial charge >= 0.3 is 0 Å². The van der Waals surface area contributed by atoms with E-state index in [1.165, 1.54) is 25.3 Å². The number of nitrogens with zero attached hydrogens (tertiary/aromatic N) is 1. The molecule has 3 heteroatoms. The van der Waals surface area contributed by atoms with Crippen molar-refractivity contribution in [2.75, 3.05) is 0 Å². The van der Waals surface area contributed by atoms with Gasteiger partial charge in [-0.05, 0) is 18.4 Å². The van der Waals surface area contributed by atoms with E-state index in [4.69, 9.17) is 5.21 Å². The van der Waals surface area contributed by atoms with E-state index in [-0.39, 0.29) is 5.78 Å². The Morgan fingerprint density at radius 2 is 2.36 bits per heavy atom. The fraction of sp³-hybridized carbons (Fsp3) is 0.636. The minimum Gasteiger partial charge on any atom is -0.411 e. The van der Waals surface area contributed by atoms with Crippen LogP contribution in [0.2, 0.25) is 0 Å². The lowest BCUT2D eigenvalue weighted by atomic mass is 9.89. The molecule has 1 aliphatic rings. The molecule has 78 valence electrons. The average molecular weight is 195 g/mol. The number of hydrogen-bond donors (Lipinski definition) is 1. The van der Waals surface area contributed by atoms with Crippen LogP contribution in [0.3, 0.4) is 0 Å². The smallest absolute Gasteiger partial charge is 0.203 e. The van der Waals surface area contributed by atoms with Crippen LogP contribution >= 0.6 is 0 Å². The Labute approximate surface area is 84.5 Å². The van der Waals surface area contributed by atoms with Crippen LogP contribution in [0.1, 0.15) is 39.0 Å². The van der Waals surface area contributed by atoms with Gasteiger partial charge in [-0.15, -0.1) is 0 Å². The highest BCUT2D eigenvalue weighted by molar-refractivity contribution is 6.44. The number of unbranched alkanes of at least 4 members (excludes halogenated alkanes) is 2. The molecule has 0 amide bonds. The summed E-state index contributed by atoms with van der Waals surface area (Å²) in [7, 11) is 0. The number of hydrogen-bond acceptors (Lipinski definition) is 3. The molecule has 0 bridgehead atoms. The van der Waals surface area contributed by atoms with Crippen molar-refractivity contribution in [2.45, 2.75) is 39.0 Å². The van der Waals surface area contributed by atoms with Crippen LogP contribution in [-0.2, 0) is 4.79 Å². The van der Waals surface area contributed by atoms with Crippen molar-refractivity contribution in [1.29, 1.82) is 0 Å². The van der Waals surface area contributed by atoms with Gasteiger partial charge in [-0.1, -0.05) is 37.4 Å². The Morgan fingerprint density at radius 1 is 1.57 bits per heavy atom. The van der Waals surface area contributed by atoms with E-state index >= 15 is 0 Å². The third-order valence-electron chi connectivity index (χ3n) is 2.56. The molecule has 1 N–H and O–H groups in total. The maximum atomic E-state index is 11.1. The molecule has 0 spiro atoms. The van der Waals surface area contributed by atoms with E-state index in [9.17, 15) is 4.79 Å².